The molecule has 2 aromatic rings. The molecule has 0 spiro atoms. The number of halogens is 1. The van der Waals surface area contributed by atoms with Gasteiger partial charge < -0.3 is 15.2 Å². The summed E-state index contributed by atoms with van der Waals surface area (Å²) in [5, 5.41) is 6.63. The zero-order valence-electron chi connectivity index (χ0n) is 13.4. The van der Waals surface area contributed by atoms with Crippen molar-refractivity contribution < 1.29 is 0 Å². The van der Waals surface area contributed by atoms with Crippen molar-refractivity contribution in [2.45, 2.75) is 33.2 Å². The van der Waals surface area contributed by atoms with E-state index >= 15 is 0 Å². The Hall–Kier alpha value is -1.31. The Kier molecular flexibility index (Phi) is 8.88. The standard InChI is InChI=1S/C16H25N5.HI/c1-3-10-18-16(17-4-2)19-11-7-12-21-13-20-14-8-5-6-9-15(14)21;/h5-6,8-9,13H,3-4,7,10-12H2,1-2H3,(H2,17,18,19);1H. The third-order valence-corrected chi connectivity index (χ3v) is 3.23. The van der Waals surface area contributed by atoms with Crippen LogP contribution < -0.4 is 10.6 Å². The molecule has 5 nitrogen and oxygen atoms in total. The number of para-hydroxylation sites is 2. The molecule has 0 bridgehead atoms. The molecule has 0 amide bonds. The Morgan fingerprint density at radius 3 is 2.82 bits per heavy atom. The van der Waals surface area contributed by atoms with Crippen molar-refractivity contribution in [3.8, 4) is 0 Å². The first-order valence-corrected chi connectivity index (χ1v) is 7.77. The number of hydrogen-bond acceptors (Lipinski definition) is 2. The van der Waals surface area contributed by atoms with Crippen molar-refractivity contribution in [2.75, 3.05) is 19.6 Å². The number of aliphatic imine (C=N–C) groups is 1. The normalized spacial score (nSPS) is 11.3. The summed E-state index contributed by atoms with van der Waals surface area (Å²) in [6, 6.07) is 8.24. The van der Waals surface area contributed by atoms with Gasteiger partial charge in [-0.25, -0.2) is 4.98 Å². The highest BCUT2D eigenvalue weighted by Crippen LogP contribution is 2.11. The van der Waals surface area contributed by atoms with Crippen LogP contribution in [0.5, 0.6) is 0 Å². The molecule has 0 aliphatic heterocycles. The molecule has 6 heteroatoms. The summed E-state index contributed by atoms with van der Waals surface area (Å²) in [4.78, 5) is 8.90. The Labute approximate surface area is 149 Å². The van der Waals surface area contributed by atoms with Crippen LogP contribution in [0, 0.1) is 0 Å². The predicted octanol–water partition coefficient (Wildman–Crippen LogP) is 3.01. The van der Waals surface area contributed by atoms with Gasteiger partial charge in [0.25, 0.3) is 0 Å². The van der Waals surface area contributed by atoms with E-state index in [4.69, 9.17) is 0 Å². The van der Waals surface area contributed by atoms with Gasteiger partial charge in [0.15, 0.2) is 5.96 Å². The van der Waals surface area contributed by atoms with Crippen molar-refractivity contribution >= 4 is 41.0 Å². The van der Waals surface area contributed by atoms with E-state index in [2.05, 4.69) is 51.2 Å². The molecule has 0 atom stereocenters. The summed E-state index contributed by atoms with van der Waals surface area (Å²) in [6.07, 6.45) is 4.02. The van der Waals surface area contributed by atoms with Gasteiger partial charge in [-0.05, 0) is 31.9 Å². The first-order chi connectivity index (χ1) is 10.3. The lowest BCUT2D eigenvalue weighted by atomic mass is 10.3. The molecule has 0 fully saturated rings. The van der Waals surface area contributed by atoms with Gasteiger partial charge in [-0.1, -0.05) is 19.1 Å². The highest BCUT2D eigenvalue weighted by Gasteiger charge is 2.01. The molecule has 1 aromatic heterocycles. The van der Waals surface area contributed by atoms with E-state index in [0.29, 0.717) is 0 Å². The van der Waals surface area contributed by atoms with Crippen molar-refractivity contribution in [1.82, 2.24) is 20.2 Å². The van der Waals surface area contributed by atoms with Crippen LogP contribution in [0.2, 0.25) is 0 Å². The van der Waals surface area contributed by atoms with Crippen LogP contribution in [0.1, 0.15) is 26.7 Å². The van der Waals surface area contributed by atoms with Gasteiger partial charge in [0.05, 0.1) is 17.4 Å². The zero-order chi connectivity index (χ0) is 14.9. The van der Waals surface area contributed by atoms with Crippen LogP contribution in [0.15, 0.2) is 35.6 Å². The number of fused-ring (bicyclic) bond motifs is 1. The number of rotatable bonds is 7. The molecule has 0 aliphatic carbocycles. The highest BCUT2D eigenvalue weighted by molar-refractivity contribution is 14.0. The SMILES string of the molecule is CCCN=C(NCC)NCCCn1cnc2ccccc21.I. The van der Waals surface area contributed by atoms with E-state index < -0.39 is 0 Å². The molecule has 1 aromatic carbocycles. The molecule has 0 aliphatic rings. The first-order valence-electron chi connectivity index (χ1n) is 7.77. The number of hydrogen-bond donors (Lipinski definition) is 2. The van der Waals surface area contributed by atoms with Crippen LogP contribution in [0.4, 0.5) is 0 Å². The molecule has 2 rings (SSSR count). The molecule has 1 heterocycles. The van der Waals surface area contributed by atoms with Gasteiger partial charge in [0.2, 0.25) is 0 Å². The number of benzene rings is 1. The monoisotopic (exact) mass is 415 g/mol. The minimum atomic E-state index is 0. The second-order valence-corrected chi connectivity index (χ2v) is 4.97. The fourth-order valence-corrected chi connectivity index (χ4v) is 2.21. The van der Waals surface area contributed by atoms with Crippen LogP contribution in [0.3, 0.4) is 0 Å². The maximum atomic E-state index is 4.49. The Morgan fingerprint density at radius 2 is 2.05 bits per heavy atom. The van der Waals surface area contributed by atoms with Crippen LogP contribution in [-0.2, 0) is 6.54 Å². The van der Waals surface area contributed by atoms with Crippen LogP contribution >= 0.6 is 24.0 Å². The molecule has 0 unspecified atom stereocenters. The van der Waals surface area contributed by atoms with E-state index in [1.54, 1.807) is 0 Å². The molecule has 0 saturated carbocycles. The van der Waals surface area contributed by atoms with Crippen molar-refractivity contribution in [3.05, 3.63) is 30.6 Å². The fraction of sp³-hybridized carbons (Fsp3) is 0.500. The van der Waals surface area contributed by atoms with Crippen LogP contribution in [-0.4, -0.2) is 35.1 Å². The summed E-state index contributed by atoms with van der Waals surface area (Å²) >= 11 is 0. The fourth-order valence-electron chi connectivity index (χ4n) is 2.21. The molecular weight excluding hydrogens is 389 g/mol. The summed E-state index contributed by atoms with van der Waals surface area (Å²) < 4.78 is 2.20. The minimum absolute atomic E-state index is 0. The first kappa shape index (κ1) is 18.7. The lowest BCUT2D eigenvalue weighted by molar-refractivity contribution is 0.637. The largest absolute Gasteiger partial charge is 0.357 e. The van der Waals surface area contributed by atoms with Crippen molar-refractivity contribution in [3.63, 3.8) is 0 Å². The molecule has 0 radical (unpaired) electrons. The molecule has 122 valence electrons. The van der Waals surface area contributed by atoms with E-state index in [-0.39, 0.29) is 24.0 Å². The second kappa shape index (κ2) is 10.4. The summed E-state index contributed by atoms with van der Waals surface area (Å²) in [5.41, 5.74) is 2.26. The van der Waals surface area contributed by atoms with E-state index in [1.165, 1.54) is 5.52 Å². The van der Waals surface area contributed by atoms with E-state index in [1.807, 2.05) is 18.5 Å². The summed E-state index contributed by atoms with van der Waals surface area (Å²) in [6.45, 7) is 7.84. The Morgan fingerprint density at radius 1 is 1.23 bits per heavy atom. The van der Waals surface area contributed by atoms with Gasteiger partial charge in [-0.15, -0.1) is 24.0 Å². The molecule has 22 heavy (non-hydrogen) atoms. The summed E-state index contributed by atoms with van der Waals surface area (Å²) in [7, 11) is 0. The number of aromatic nitrogens is 2. The smallest absolute Gasteiger partial charge is 0.191 e. The summed E-state index contributed by atoms with van der Waals surface area (Å²) in [5.74, 6) is 0.912. The molecular formula is C16H26IN5. The van der Waals surface area contributed by atoms with Crippen molar-refractivity contribution in [2.24, 2.45) is 4.99 Å². The average Bonchev–Trinajstić information content (AvgIpc) is 2.92. The third kappa shape index (κ3) is 5.47. The minimum Gasteiger partial charge on any atom is -0.357 e. The number of imidazole rings is 1. The predicted molar refractivity (Wildman–Crippen MR) is 104 cm³/mol. The van der Waals surface area contributed by atoms with Crippen molar-refractivity contribution in [1.29, 1.82) is 0 Å². The quantitative estimate of drug-likeness (QED) is 0.317. The average molecular weight is 415 g/mol. The highest BCUT2D eigenvalue weighted by atomic mass is 127. The van der Waals surface area contributed by atoms with Gasteiger partial charge >= 0.3 is 0 Å². The number of nitrogens with zero attached hydrogens (tertiary/aromatic N) is 3. The van der Waals surface area contributed by atoms with E-state index in [0.717, 1.165) is 50.5 Å². The Balaban J connectivity index is 0.00000242. The maximum Gasteiger partial charge on any atom is 0.191 e. The third-order valence-electron chi connectivity index (χ3n) is 3.23. The molecule has 2 N–H and O–H groups in total. The van der Waals surface area contributed by atoms with Gasteiger partial charge in [0.1, 0.15) is 0 Å². The topological polar surface area (TPSA) is 54.2 Å². The van der Waals surface area contributed by atoms with Gasteiger partial charge in [0, 0.05) is 26.2 Å². The number of guanidine groups is 1. The number of aryl methyl sites for hydroxylation is 1. The zero-order valence-corrected chi connectivity index (χ0v) is 15.7. The van der Waals surface area contributed by atoms with Gasteiger partial charge in [-0.2, -0.15) is 0 Å². The Bertz CT molecular complexity index is 579. The van der Waals surface area contributed by atoms with Gasteiger partial charge in [-0.3, -0.25) is 4.99 Å². The second-order valence-electron chi connectivity index (χ2n) is 4.97. The lowest BCUT2D eigenvalue weighted by Gasteiger charge is -2.11. The molecule has 0 saturated heterocycles. The van der Waals surface area contributed by atoms with Crippen LogP contribution in [0.25, 0.3) is 11.0 Å². The number of nitrogens with one attached hydrogen (secondary N) is 2. The van der Waals surface area contributed by atoms with E-state index in [9.17, 15) is 0 Å². The maximum absolute atomic E-state index is 4.49. The lowest BCUT2D eigenvalue weighted by Crippen LogP contribution is -2.38.